The van der Waals surface area contributed by atoms with Crippen molar-refractivity contribution < 1.29 is 4.74 Å². The van der Waals surface area contributed by atoms with Crippen LogP contribution in [0.5, 0.6) is 0 Å². The molecule has 0 N–H and O–H groups in total. The topological polar surface area (TPSA) is 44.1 Å². The number of nitrogens with zero attached hydrogens (tertiary/aromatic N) is 2. The van der Waals surface area contributed by atoms with Crippen molar-refractivity contribution in [1.29, 1.82) is 0 Å². The molecule has 0 aliphatic carbocycles. The van der Waals surface area contributed by atoms with Crippen LogP contribution >= 0.6 is 11.3 Å². The van der Waals surface area contributed by atoms with E-state index in [1.54, 1.807) is 7.11 Å². The third-order valence-electron chi connectivity index (χ3n) is 1.38. The monoisotopic (exact) mass is 174 g/mol. The second-order valence-electron chi connectivity index (χ2n) is 2.23. The normalized spacial score (nSPS) is 13.3. The van der Waals surface area contributed by atoms with Gasteiger partial charge >= 0.3 is 4.87 Å². The standard InChI is InChI=1S/C6H10N2O2S/c1-5(10-2)3-8-6(9)11-4-7-8/h4-5H,3H2,1-2H3. The highest BCUT2D eigenvalue weighted by atomic mass is 32.1. The smallest absolute Gasteiger partial charge is 0.324 e. The van der Waals surface area contributed by atoms with E-state index in [-0.39, 0.29) is 11.0 Å². The molecule has 0 bridgehead atoms. The lowest BCUT2D eigenvalue weighted by Crippen LogP contribution is -2.23. The fourth-order valence-corrected chi connectivity index (χ4v) is 1.17. The Kier molecular flexibility index (Phi) is 2.78. The Morgan fingerprint density at radius 3 is 3.09 bits per heavy atom. The Morgan fingerprint density at radius 2 is 2.64 bits per heavy atom. The summed E-state index contributed by atoms with van der Waals surface area (Å²) in [6.07, 6.45) is 0.0369. The molecule has 4 nitrogen and oxygen atoms in total. The van der Waals surface area contributed by atoms with E-state index in [1.165, 1.54) is 10.2 Å². The maximum atomic E-state index is 10.9. The van der Waals surface area contributed by atoms with Gasteiger partial charge in [0.1, 0.15) is 5.51 Å². The second-order valence-corrected chi connectivity index (χ2v) is 3.03. The first-order chi connectivity index (χ1) is 5.24. The zero-order chi connectivity index (χ0) is 8.27. The van der Waals surface area contributed by atoms with Crippen LogP contribution in [-0.4, -0.2) is 23.0 Å². The first-order valence-electron chi connectivity index (χ1n) is 3.27. The van der Waals surface area contributed by atoms with Gasteiger partial charge in [0.15, 0.2) is 0 Å². The maximum absolute atomic E-state index is 10.9. The van der Waals surface area contributed by atoms with Crippen molar-refractivity contribution in [3.8, 4) is 0 Å². The van der Waals surface area contributed by atoms with Crippen LogP contribution in [0.2, 0.25) is 0 Å². The van der Waals surface area contributed by atoms with E-state index >= 15 is 0 Å². The van der Waals surface area contributed by atoms with Crippen molar-refractivity contribution in [2.45, 2.75) is 19.6 Å². The minimum atomic E-state index is -0.0334. The molecule has 0 aliphatic rings. The summed E-state index contributed by atoms with van der Waals surface area (Å²) in [6.45, 7) is 2.42. The summed E-state index contributed by atoms with van der Waals surface area (Å²) in [5.41, 5.74) is 1.53. The number of methoxy groups -OCH3 is 1. The molecular weight excluding hydrogens is 164 g/mol. The van der Waals surface area contributed by atoms with Gasteiger partial charge in [-0.15, -0.1) is 0 Å². The van der Waals surface area contributed by atoms with Crippen molar-refractivity contribution in [3.63, 3.8) is 0 Å². The molecule has 1 aromatic rings. The van der Waals surface area contributed by atoms with E-state index in [0.29, 0.717) is 6.54 Å². The van der Waals surface area contributed by atoms with Gasteiger partial charge in [-0.05, 0) is 6.92 Å². The molecule has 0 saturated heterocycles. The van der Waals surface area contributed by atoms with Crippen LogP contribution in [0, 0.1) is 0 Å². The molecule has 1 heterocycles. The van der Waals surface area contributed by atoms with Gasteiger partial charge < -0.3 is 4.74 Å². The van der Waals surface area contributed by atoms with Gasteiger partial charge in [0, 0.05) is 7.11 Å². The van der Waals surface area contributed by atoms with Crippen molar-refractivity contribution >= 4 is 11.3 Å². The van der Waals surface area contributed by atoms with Crippen LogP contribution in [0.1, 0.15) is 6.92 Å². The first kappa shape index (κ1) is 8.42. The predicted octanol–water partition coefficient (Wildman–Crippen LogP) is 0.340. The van der Waals surface area contributed by atoms with Crippen molar-refractivity contribution in [2.24, 2.45) is 0 Å². The van der Waals surface area contributed by atoms with E-state index < -0.39 is 0 Å². The number of aromatic nitrogens is 2. The molecule has 0 saturated carbocycles. The molecule has 0 spiro atoms. The van der Waals surface area contributed by atoms with E-state index in [4.69, 9.17) is 4.74 Å². The molecule has 0 fully saturated rings. The number of hydrogen-bond donors (Lipinski definition) is 0. The van der Waals surface area contributed by atoms with Crippen molar-refractivity contribution in [1.82, 2.24) is 9.78 Å². The zero-order valence-corrected chi connectivity index (χ0v) is 7.30. The van der Waals surface area contributed by atoms with Crippen LogP contribution in [0.15, 0.2) is 10.3 Å². The highest BCUT2D eigenvalue weighted by Crippen LogP contribution is 1.91. The Balaban J connectivity index is 2.64. The molecule has 5 heteroatoms. The van der Waals surface area contributed by atoms with E-state index in [1.807, 2.05) is 6.92 Å². The summed E-state index contributed by atoms with van der Waals surface area (Å²) in [5.74, 6) is 0. The SMILES string of the molecule is COC(C)Cn1ncsc1=O. The lowest BCUT2D eigenvalue weighted by Gasteiger charge is -2.06. The minimum absolute atomic E-state index is 0.0334. The third-order valence-corrected chi connectivity index (χ3v) is 2.00. The molecule has 0 aliphatic heterocycles. The molecule has 1 aromatic heterocycles. The average molecular weight is 174 g/mol. The predicted molar refractivity (Wildman–Crippen MR) is 42.8 cm³/mol. The molecule has 1 atom stereocenters. The highest BCUT2D eigenvalue weighted by Gasteiger charge is 2.03. The van der Waals surface area contributed by atoms with Gasteiger partial charge in [-0.25, -0.2) is 4.68 Å². The Morgan fingerprint density at radius 1 is 1.91 bits per heavy atom. The fraction of sp³-hybridized carbons (Fsp3) is 0.667. The van der Waals surface area contributed by atoms with E-state index in [2.05, 4.69) is 5.10 Å². The van der Waals surface area contributed by atoms with Crippen molar-refractivity contribution in [2.75, 3.05) is 7.11 Å². The summed E-state index contributed by atoms with van der Waals surface area (Å²) in [6, 6.07) is 0. The summed E-state index contributed by atoms with van der Waals surface area (Å²) in [4.78, 5) is 10.9. The molecule has 1 rings (SSSR count). The average Bonchev–Trinajstić information content (AvgIpc) is 2.37. The summed E-state index contributed by atoms with van der Waals surface area (Å²) < 4.78 is 6.38. The zero-order valence-electron chi connectivity index (χ0n) is 6.48. The van der Waals surface area contributed by atoms with Crippen LogP contribution in [0.3, 0.4) is 0 Å². The fourth-order valence-electron chi connectivity index (χ4n) is 0.673. The van der Waals surface area contributed by atoms with Crippen LogP contribution in [0.4, 0.5) is 0 Å². The van der Waals surface area contributed by atoms with Crippen LogP contribution in [0.25, 0.3) is 0 Å². The minimum Gasteiger partial charge on any atom is -0.380 e. The maximum Gasteiger partial charge on any atom is 0.324 e. The number of hydrogen-bond acceptors (Lipinski definition) is 4. The molecular formula is C6H10N2O2S. The van der Waals surface area contributed by atoms with Gasteiger partial charge in [0.25, 0.3) is 0 Å². The quantitative estimate of drug-likeness (QED) is 0.663. The van der Waals surface area contributed by atoms with Crippen LogP contribution < -0.4 is 4.87 Å². The summed E-state index contributed by atoms with van der Waals surface area (Å²) >= 11 is 1.10. The first-order valence-corrected chi connectivity index (χ1v) is 4.15. The van der Waals surface area contributed by atoms with Gasteiger partial charge in [-0.2, -0.15) is 5.10 Å². The van der Waals surface area contributed by atoms with E-state index in [0.717, 1.165) is 11.3 Å². The molecule has 0 radical (unpaired) electrons. The number of rotatable bonds is 3. The molecule has 11 heavy (non-hydrogen) atoms. The Bertz CT molecular complexity index is 268. The largest absolute Gasteiger partial charge is 0.380 e. The lowest BCUT2D eigenvalue weighted by atomic mass is 10.4. The van der Waals surface area contributed by atoms with Gasteiger partial charge in [-0.1, -0.05) is 11.3 Å². The van der Waals surface area contributed by atoms with Gasteiger partial charge in [-0.3, -0.25) is 4.79 Å². The van der Waals surface area contributed by atoms with Crippen molar-refractivity contribution in [3.05, 3.63) is 15.2 Å². The number of ether oxygens (including phenoxy) is 1. The van der Waals surface area contributed by atoms with E-state index in [9.17, 15) is 4.79 Å². The van der Waals surface area contributed by atoms with Gasteiger partial charge in [0.2, 0.25) is 0 Å². The molecule has 1 unspecified atom stereocenters. The second kappa shape index (κ2) is 3.64. The van der Waals surface area contributed by atoms with Crippen LogP contribution in [-0.2, 0) is 11.3 Å². The van der Waals surface area contributed by atoms with Gasteiger partial charge in [0.05, 0.1) is 12.6 Å². The highest BCUT2D eigenvalue weighted by molar-refractivity contribution is 7.06. The Hall–Kier alpha value is -0.680. The molecule has 0 amide bonds. The summed E-state index contributed by atoms with van der Waals surface area (Å²) in [5, 5.41) is 3.85. The Labute approximate surface area is 68.4 Å². The molecule has 0 aromatic carbocycles. The summed E-state index contributed by atoms with van der Waals surface area (Å²) in [7, 11) is 1.61. The molecule has 62 valence electrons. The lowest BCUT2D eigenvalue weighted by molar-refractivity contribution is 0.0990. The third kappa shape index (κ3) is 2.13.